The molecule has 4 N–H and O–H groups in total. The fraction of sp³-hybridized carbons (Fsp3) is 0.364. The van der Waals surface area contributed by atoms with Gasteiger partial charge in [-0.05, 0) is 13.8 Å². The average Bonchev–Trinajstić information content (AvgIpc) is 2.76. The molecule has 0 aliphatic rings. The first-order valence-electron chi connectivity index (χ1n) is 5.68. The lowest BCUT2D eigenvalue weighted by molar-refractivity contribution is 0.328. The second-order valence-corrected chi connectivity index (χ2v) is 3.75. The van der Waals surface area contributed by atoms with Crippen LogP contribution >= 0.6 is 0 Å². The first-order valence-corrected chi connectivity index (χ1v) is 5.68. The molecule has 0 aromatic carbocycles. The molecule has 2 rings (SSSR count). The number of nitrogens with zero attached hydrogens (tertiary/aromatic N) is 3. The normalized spacial score (nSPS) is 10.3. The number of H-pyrrole nitrogens is 1. The summed E-state index contributed by atoms with van der Waals surface area (Å²) in [5.41, 5.74) is 8.40. The summed E-state index contributed by atoms with van der Waals surface area (Å²) in [5, 5.41) is 9.96. The van der Waals surface area contributed by atoms with Crippen LogP contribution in [0.1, 0.15) is 18.2 Å². The Kier molecular flexibility index (Phi) is 3.61. The second-order valence-electron chi connectivity index (χ2n) is 3.75. The van der Waals surface area contributed by atoms with Gasteiger partial charge in [-0.2, -0.15) is 10.1 Å². The van der Waals surface area contributed by atoms with Gasteiger partial charge in [-0.15, -0.1) is 0 Å². The monoisotopic (exact) mass is 248 g/mol. The summed E-state index contributed by atoms with van der Waals surface area (Å²) in [6, 6.07) is 0. The van der Waals surface area contributed by atoms with E-state index in [1.807, 2.05) is 13.8 Å². The van der Waals surface area contributed by atoms with Crippen LogP contribution in [0.25, 0.3) is 0 Å². The van der Waals surface area contributed by atoms with Gasteiger partial charge in [-0.25, -0.2) is 4.98 Å². The quantitative estimate of drug-likeness (QED) is 0.732. The van der Waals surface area contributed by atoms with E-state index < -0.39 is 0 Å². The highest BCUT2D eigenvalue weighted by Crippen LogP contribution is 2.24. The third-order valence-electron chi connectivity index (χ3n) is 2.51. The number of ether oxygens (including phenoxy) is 1. The summed E-state index contributed by atoms with van der Waals surface area (Å²) in [6.07, 6.45) is 3.19. The molecular weight excluding hydrogens is 232 g/mol. The van der Waals surface area contributed by atoms with Crippen molar-refractivity contribution in [3.63, 3.8) is 0 Å². The van der Waals surface area contributed by atoms with E-state index in [2.05, 4.69) is 25.5 Å². The molecule has 0 spiro atoms. The largest absolute Gasteiger partial charge is 0.476 e. The number of aryl methyl sites for hydroxylation is 1. The van der Waals surface area contributed by atoms with Gasteiger partial charge in [-0.1, -0.05) is 0 Å². The zero-order valence-corrected chi connectivity index (χ0v) is 10.4. The molecule has 0 unspecified atom stereocenters. The highest BCUT2D eigenvalue weighted by molar-refractivity contribution is 5.66. The Hall–Kier alpha value is -2.31. The van der Waals surface area contributed by atoms with Crippen LogP contribution in [0.4, 0.5) is 11.5 Å². The van der Waals surface area contributed by atoms with Gasteiger partial charge in [0.25, 0.3) is 0 Å². The molecule has 0 bridgehead atoms. The first kappa shape index (κ1) is 12.2. The summed E-state index contributed by atoms with van der Waals surface area (Å²) in [7, 11) is 0. The Morgan fingerprint density at radius 2 is 2.28 bits per heavy atom. The van der Waals surface area contributed by atoms with Crippen molar-refractivity contribution in [1.29, 1.82) is 0 Å². The Balaban J connectivity index is 2.10. The Bertz CT molecular complexity index is 524. The van der Waals surface area contributed by atoms with E-state index >= 15 is 0 Å². The number of aromatic amines is 1. The summed E-state index contributed by atoms with van der Waals surface area (Å²) in [4.78, 5) is 8.07. The van der Waals surface area contributed by atoms with Crippen LogP contribution in [0.5, 0.6) is 5.88 Å². The molecule has 0 atom stereocenters. The number of aromatic nitrogens is 4. The molecule has 2 heterocycles. The van der Waals surface area contributed by atoms with Gasteiger partial charge >= 0.3 is 0 Å². The van der Waals surface area contributed by atoms with Crippen molar-refractivity contribution in [2.75, 3.05) is 17.7 Å². The van der Waals surface area contributed by atoms with Crippen molar-refractivity contribution >= 4 is 11.5 Å². The molecule has 2 aromatic heterocycles. The lowest BCUT2D eigenvalue weighted by Gasteiger charge is -2.10. The fourth-order valence-corrected chi connectivity index (χ4v) is 1.50. The number of nitrogen functional groups attached to an aromatic ring is 1. The molecule has 7 nitrogen and oxygen atoms in total. The maximum absolute atomic E-state index is 5.91. The summed E-state index contributed by atoms with van der Waals surface area (Å²) >= 11 is 0. The number of nitrogens with one attached hydrogen (secondary N) is 2. The van der Waals surface area contributed by atoms with E-state index in [4.69, 9.17) is 10.5 Å². The molecule has 0 saturated heterocycles. The van der Waals surface area contributed by atoms with Crippen LogP contribution in [0.3, 0.4) is 0 Å². The number of rotatable bonds is 5. The van der Waals surface area contributed by atoms with Crippen LogP contribution in [-0.2, 0) is 6.54 Å². The maximum atomic E-state index is 5.91. The topological polar surface area (TPSA) is 102 Å². The van der Waals surface area contributed by atoms with Gasteiger partial charge in [0.15, 0.2) is 5.82 Å². The minimum absolute atomic E-state index is 0.402. The van der Waals surface area contributed by atoms with E-state index in [1.165, 1.54) is 6.33 Å². The number of anilines is 2. The smallest absolute Gasteiger partial charge is 0.242 e. The van der Waals surface area contributed by atoms with E-state index in [0.717, 1.165) is 11.3 Å². The molecule has 0 aliphatic heterocycles. The lowest BCUT2D eigenvalue weighted by Crippen LogP contribution is -2.08. The number of nitrogens with two attached hydrogens (primary N) is 1. The molecule has 2 aromatic rings. The third kappa shape index (κ3) is 2.50. The summed E-state index contributed by atoms with van der Waals surface area (Å²) in [5.74, 6) is 0.966. The van der Waals surface area contributed by atoms with Gasteiger partial charge in [0.2, 0.25) is 5.88 Å². The highest BCUT2D eigenvalue weighted by atomic mass is 16.5. The van der Waals surface area contributed by atoms with Crippen molar-refractivity contribution < 1.29 is 4.74 Å². The Morgan fingerprint density at radius 1 is 1.44 bits per heavy atom. The number of hydrogen-bond acceptors (Lipinski definition) is 6. The Morgan fingerprint density at radius 3 is 2.94 bits per heavy atom. The Labute approximate surface area is 105 Å². The zero-order chi connectivity index (χ0) is 13.0. The van der Waals surface area contributed by atoms with Crippen LogP contribution < -0.4 is 15.8 Å². The molecular formula is C11H16N6O. The summed E-state index contributed by atoms with van der Waals surface area (Å²) in [6.45, 7) is 4.94. The summed E-state index contributed by atoms with van der Waals surface area (Å²) < 4.78 is 5.30. The van der Waals surface area contributed by atoms with Gasteiger partial charge in [0.05, 0.1) is 12.8 Å². The van der Waals surface area contributed by atoms with Crippen LogP contribution in [0, 0.1) is 6.92 Å². The van der Waals surface area contributed by atoms with Gasteiger partial charge in [-0.3, -0.25) is 5.10 Å². The standard InChI is InChI=1S/C11H16N6O/c1-3-18-11-9(12)10(14-6-15-11)13-4-8-5-16-17-7(8)2/h5-6H,3-4,12H2,1-2H3,(H,16,17)(H,13,14,15). The zero-order valence-electron chi connectivity index (χ0n) is 10.4. The maximum Gasteiger partial charge on any atom is 0.242 e. The van der Waals surface area contributed by atoms with Crippen LogP contribution in [0.15, 0.2) is 12.5 Å². The molecule has 7 heteroatoms. The second kappa shape index (κ2) is 5.35. The molecule has 0 saturated carbocycles. The molecule has 0 aliphatic carbocycles. The van der Waals surface area contributed by atoms with Crippen LogP contribution in [-0.4, -0.2) is 26.8 Å². The first-order chi connectivity index (χ1) is 8.72. The van der Waals surface area contributed by atoms with Crippen LogP contribution in [0.2, 0.25) is 0 Å². The van der Waals surface area contributed by atoms with Gasteiger partial charge in [0, 0.05) is 17.8 Å². The average molecular weight is 248 g/mol. The van der Waals surface area contributed by atoms with Crippen molar-refractivity contribution in [3.8, 4) is 5.88 Å². The number of hydrogen-bond donors (Lipinski definition) is 3. The third-order valence-corrected chi connectivity index (χ3v) is 2.51. The van der Waals surface area contributed by atoms with Crippen molar-refractivity contribution in [2.45, 2.75) is 20.4 Å². The van der Waals surface area contributed by atoms with E-state index in [0.29, 0.717) is 30.5 Å². The predicted octanol–water partition coefficient (Wildman–Crippen LogP) is 1.10. The van der Waals surface area contributed by atoms with Crippen molar-refractivity contribution in [3.05, 3.63) is 23.8 Å². The van der Waals surface area contributed by atoms with E-state index in [9.17, 15) is 0 Å². The van der Waals surface area contributed by atoms with Gasteiger partial charge < -0.3 is 15.8 Å². The highest BCUT2D eigenvalue weighted by Gasteiger charge is 2.09. The van der Waals surface area contributed by atoms with E-state index in [1.54, 1.807) is 6.20 Å². The SMILES string of the molecule is CCOc1ncnc(NCc2cn[nH]c2C)c1N. The lowest BCUT2D eigenvalue weighted by atomic mass is 10.2. The molecule has 96 valence electrons. The molecule has 18 heavy (non-hydrogen) atoms. The molecule has 0 fully saturated rings. The van der Waals surface area contributed by atoms with E-state index in [-0.39, 0.29) is 0 Å². The van der Waals surface area contributed by atoms with Crippen molar-refractivity contribution in [2.24, 2.45) is 0 Å². The molecule has 0 radical (unpaired) electrons. The van der Waals surface area contributed by atoms with Gasteiger partial charge in [0.1, 0.15) is 12.0 Å². The fourth-order valence-electron chi connectivity index (χ4n) is 1.50. The predicted molar refractivity (Wildman–Crippen MR) is 68.3 cm³/mol. The minimum atomic E-state index is 0.402. The van der Waals surface area contributed by atoms with Crippen molar-refractivity contribution in [1.82, 2.24) is 20.2 Å². The minimum Gasteiger partial charge on any atom is -0.476 e. The molecule has 0 amide bonds.